The molecule has 0 spiro atoms. The minimum absolute atomic E-state index is 0.0931. The van der Waals surface area contributed by atoms with Gasteiger partial charge in [0.05, 0.1) is 13.2 Å². The van der Waals surface area contributed by atoms with E-state index in [4.69, 9.17) is 9.47 Å². The maximum atomic E-state index is 11.5. The zero-order valence-electron chi connectivity index (χ0n) is 10.1. The van der Waals surface area contributed by atoms with Crippen molar-refractivity contribution < 1.29 is 23.9 Å². The molecule has 1 aromatic rings. The third-order valence-corrected chi connectivity index (χ3v) is 1.95. The highest BCUT2D eigenvalue weighted by Gasteiger charge is 2.16. The van der Waals surface area contributed by atoms with Crippen molar-refractivity contribution in [3.8, 4) is 0 Å². The van der Waals surface area contributed by atoms with Crippen LogP contribution in [0.4, 0.5) is 0 Å². The Hall–Kier alpha value is -2.24. The number of ether oxygens (including phenoxy) is 2. The van der Waals surface area contributed by atoms with E-state index in [0.29, 0.717) is 6.29 Å². The Bertz CT molecular complexity index is 433. The standard InChI is InChI=1S/C12H13NO5/c1-3-17-11(15)9-5-8(7-14)6-10(13-9)12(16)18-4-2/h5-7H,3-4H2,1-2H3. The number of pyridine rings is 1. The summed E-state index contributed by atoms with van der Waals surface area (Å²) in [6.07, 6.45) is 0.521. The highest BCUT2D eigenvalue weighted by atomic mass is 16.5. The molecule has 1 heterocycles. The lowest BCUT2D eigenvalue weighted by Gasteiger charge is -2.05. The second-order valence-electron chi connectivity index (χ2n) is 3.23. The summed E-state index contributed by atoms with van der Waals surface area (Å²) in [5.74, 6) is -1.38. The number of nitrogens with zero attached hydrogens (tertiary/aromatic N) is 1. The van der Waals surface area contributed by atoms with Crippen molar-refractivity contribution in [1.82, 2.24) is 4.98 Å². The summed E-state index contributed by atoms with van der Waals surface area (Å²) in [5, 5.41) is 0. The summed E-state index contributed by atoms with van der Waals surface area (Å²) in [6, 6.07) is 2.52. The van der Waals surface area contributed by atoms with Crippen LogP contribution in [0.1, 0.15) is 45.2 Å². The van der Waals surface area contributed by atoms with Crippen LogP contribution in [0.15, 0.2) is 12.1 Å². The van der Waals surface area contributed by atoms with Crippen LogP contribution in [0, 0.1) is 0 Å². The van der Waals surface area contributed by atoms with Gasteiger partial charge in [-0.3, -0.25) is 4.79 Å². The van der Waals surface area contributed by atoms with Crippen molar-refractivity contribution in [3.63, 3.8) is 0 Å². The number of carbonyl (C=O) groups excluding carboxylic acids is 3. The van der Waals surface area contributed by atoms with Crippen LogP contribution in [0.3, 0.4) is 0 Å². The molecule has 0 saturated carbocycles. The van der Waals surface area contributed by atoms with Crippen molar-refractivity contribution in [3.05, 3.63) is 29.1 Å². The van der Waals surface area contributed by atoms with Crippen molar-refractivity contribution >= 4 is 18.2 Å². The van der Waals surface area contributed by atoms with E-state index in [2.05, 4.69) is 4.98 Å². The molecule has 0 amide bonds. The summed E-state index contributed by atoms with van der Waals surface area (Å²) in [5.41, 5.74) is -0.0230. The highest BCUT2D eigenvalue weighted by molar-refractivity contribution is 5.94. The molecule has 0 radical (unpaired) electrons. The number of esters is 2. The first-order valence-electron chi connectivity index (χ1n) is 5.43. The summed E-state index contributed by atoms with van der Waals surface area (Å²) in [4.78, 5) is 37.5. The predicted octanol–water partition coefficient (Wildman–Crippen LogP) is 1.25. The van der Waals surface area contributed by atoms with E-state index >= 15 is 0 Å². The fourth-order valence-electron chi connectivity index (χ4n) is 1.24. The maximum Gasteiger partial charge on any atom is 0.356 e. The van der Waals surface area contributed by atoms with E-state index < -0.39 is 11.9 Å². The van der Waals surface area contributed by atoms with E-state index in [-0.39, 0.29) is 30.2 Å². The second-order valence-corrected chi connectivity index (χ2v) is 3.23. The molecule has 0 aromatic carbocycles. The van der Waals surface area contributed by atoms with Gasteiger partial charge >= 0.3 is 11.9 Å². The minimum Gasteiger partial charge on any atom is -0.461 e. The number of hydrogen-bond acceptors (Lipinski definition) is 6. The van der Waals surface area contributed by atoms with E-state index in [9.17, 15) is 14.4 Å². The molecule has 1 aromatic heterocycles. The minimum atomic E-state index is -0.688. The Morgan fingerprint density at radius 1 is 1.11 bits per heavy atom. The Kier molecular flexibility index (Phi) is 4.98. The van der Waals surface area contributed by atoms with Crippen LogP contribution in [0.2, 0.25) is 0 Å². The fraction of sp³-hybridized carbons (Fsp3) is 0.333. The van der Waals surface area contributed by atoms with Crippen molar-refractivity contribution in [2.24, 2.45) is 0 Å². The Balaban J connectivity index is 3.12. The number of carbonyl (C=O) groups is 3. The molecule has 0 N–H and O–H groups in total. The van der Waals surface area contributed by atoms with Crippen molar-refractivity contribution in [2.45, 2.75) is 13.8 Å². The summed E-state index contributed by atoms with van der Waals surface area (Å²) < 4.78 is 9.51. The molecule has 0 aliphatic heterocycles. The molecule has 0 aliphatic carbocycles. The normalized spacial score (nSPS) is 9.67. The summed E-state index contributed by atoms with van der Waals surface area (Å²) in [6.45, 7) is 3.66. The average molecular weight is 251 g/mol. The van der Waals surface area contributed by atoms with E-state index in [0.717, 1.165) is 0 Å². The fourth-order valence-corrected chi connectivity index (χ4v) is 1.24. The molecule has 0 atom stereocenters. The summed E-state index contributed by atoms with van der Waals surface area (Å²) in [7, 11) is 0. The lowest BCUT2D eigenvalue weighted by Crippen LogP contribution is -2.13. The van der Waals surface area contributed by atoms with Gasteiger partial charge in [0.1, 0.15) is 17.7 Å². The van der Waals surface area contributed by atoms with Crippen LogP contribution in [-0.4, -0.2) is 36.4 Å². The topological polar surface area (TPSA) is 82.6 Å². The number of rotatable bonds is 5. The Morgan fingerprint density at radius 2 is 1.56 bits per heavy atom. The molecule has 0 fully saturated rings. The van der Waals surface area contributed by atoms with Crippen molar-refractivity contribution in [2.75, 3.05) is 13.2 Å². The zero-order chi connectivity index (χ0) is 13.5. The van der Waals surface area contributed by atoms with Crippen LogP contribution >= 0.6 is 0 Å². The first-order valence-corrected chi connectivity index (χ1v) is 5.43. The largest absolute Gasteiger partial charge is 0.461 e. The lowest BCUT2D eigenvalue weighted by atomic mass is 10.2. The second kappa shape index (κ2) is 6.48. The van der Waals surface area contributed by atoms with Gasteiger partial charge in [-0.15, -0.1) is 0 Å². The van der Waals surface area contributed by atoms with Crippen LogP contribution in [0.5, 0.6) is 0 Å². The molecule has 6 nitrogen and oxygen atoms in total. The molecular formula is C12H13NO5. The van der Waals surface area contributed by atoms with Gasteiger partial charge in [-0.25, -0.2) is 14.6 Å². The smallest absolute Gasteiger partial charge is 0.356 e. The third kappa shape index (κ3) is 3.38. The quantitative estimate of drug-likeness (QED) is 0.578. The first-order chi connectivity index (χ1) is 8.62. The maximum absolute atomic E-state index is 11.5. The van der Waals surface area contributed by atoms with Gasteiger partial charge in [0.25, 0.3) is 0 Å². The van der Waals surface area contributed by atoms with Gasteiger partial charge < -0.3 is 9.47 Å². The van der Waals surface area contributed by atoms with Crippen LogP contribution in [-0.2, 0) is 9.47 Å². The van der Waals surface area contributed by atoms with Gasteiger partial charge in [-0.2, -0.15) is 0 Å². The lowest BCUT2D eigenvalue weighted by molar-refractivity contribution is 0.0511. The SMILES string of the molecule is CCOC(=O)c1cc(C=O)cc(C(=O)OCC)n1. The zero-order valence-corrected chi connectivity index (χ0v) is 10.1. The third-order valence-electron chi connectivity index (χ3n) is 1.95. The van der Waals surface area contributed by atoms with E-state index in [1.807, 2.05) is 0 Å². The van der Waals surface area contributed by atoms with Gasteiger partial charge in [-0.05, 0) is 26.0 Å². The van der Waals surface area contributed by atoms with Gasteiger partial charge in [0.2, 0.25) is 0 Å². The molecular weight excluding hydrogens is 238 g/mol. The number of hydrogen-bond donors (Lipinski definition) is 0. The molecule has 18 heavy (non-hydrogen) atoms. The number of aldehydes is 1. The summed E-state index contributed by atoms with van der Waals surface area (Å²) >= 11 is 0. The molecule has 0 aliphatic rings. The Morgan fingerprint density at radius 3 is 1.89 bits per heavy atom. The van der Waals surface area contributed by atoms with Gasteiger partial charge in [0.15, 0.2) is 0 Å². The molecule has 1 rings (SSSR count). The first kappa shape index (κ1) is 13.8. The van der Waals surface area contributed by atoms with Crippen LogP contribution in [0.25, 0.3) is 0 Å². The predicted molar refractivity (Wildman–Crippen MR) is 61.5 cm³/mol. The van der Waals surface area contributed by atoms with Gasteiger partial charge in [0, 0.05) is 5.56 Å². The average Bonchev–Trinajstić information content (AvgIpc) is 2.38. The molecule has 6 heteroatoms. The van der Waals surface area contributed by atoms with Gasteiger partial charge in [-0.1, -0.05) is 0 Å². The molecule has 96 valence electrons. The van der Waals surface area contributed by atoms with E-state index in [1.54, 1.807) is 13.8 Å². The van der Waals surface area contributed by atoms with Crippen molar-refractivity contribution in [1.29, 1.82) is 0 Å². The Labute approximate surface area is 104 Å². The molecule has 0 saturated heterocycles. The van der Waals surface area contributed by atoms with E-state index in [1.165, 1.54) is 12.1 Å². The van der Waals surface area contributed by atoms with Crippen LogP contribution < -0.4 is 0 Å². The highest BCUT2D eigenvalue weighted by Crippen LogP contribution is 2.07. The molecule has 0 bridgehead atoms. The monoisotopic (exact) mass is 251 g/mol. The molecule has 0 unspecified atom stereocenters. The number of aromatic nitrogens is 1.